The maximum atomic E-state index is 13.8. The maximum absolute atomic E-state index is 13.8. The first-order chi connectivity index (χ1) is 7.57. The Hall–Kier alpha value is -1.25. The van der Waals surface area contributed by atoms with Crippen molar-refractivity contribution in [1.29, 1.82) is 0 Å². The van der Waals surface area contributed by atoms with E-state index in [0.717, 1.165) is 25.2 Å². The zero-order chi connectivity index (χ0) is 11.6. The summed E-state index contributed by atoms with van der Waals surface area (Å²) in [5.74, 6) is 0.268. The minimum Gasteiger partial charge on any atom is -0.508 e. The molecule has 0 amide bonds. The third kappa shape index (κ3) is 2.65. The van der Waals surface area contributed by atoms with Gasteiger partial charge in [-0.05, 0) is 38.3 Å². The summed E-state index contributed by atoms with van der Waals surface area (Å²) in [6.45, 7) is 3.26. The fourth-order valence-electron chi connectivity index (χ4n) is 2.19. The molecule has 0 radical (unpaired) electrons. The molecule has 1 aliphatic heterocycles. The first-order valence-corrected chi connectivity index (χ1v) is 5.80. The first-order valence-electron chi connectivity index (χ1n) is 5.80. The van der Waals surface area contributed by atoms with E-state index in [0.29, 0.717) is 12.8 Å². The van der Waals surface area contributed by atoms with Crippen LogP contribution in [0.25, 0.3) is 0 Å². The van der Waals surface area contributed by atoms with Crippen LogP contribution in [0, 0.1) is 0 Å². The molecule has 3 heteroatoms. The third-order valence-corrected chi connectivity index (χ3v) is 3.22. The second kappa shape index (κ2) is 4.32. The average Bonchev–Trinajstić information content (AvgIpc) is 2.39. The van der Waals surface area contributed by atoms with E-state index >= 15 is 0 Å². The van der Waals surface area contributed by atoms with Gasteiger partial charge in [-0.3, -0.25) is 0 Å². The van der Waals surface area contributed by atoms with Crippen LogP contribution in [0.4, 0.5) is 10.1 Å². The summed E-state index contributed by atoms with van der Waals surface area (Å²) in [5.41, 5.74) is -0.0522. The van der Waals surface area contributed by atoms with Crippen molar-refractivity contribution in [1.82, 2.24) is 0 Å². The lowest BCUT2D eigenvalue weighted by molar-refractivity contribution is 0.170. The summed E-state index contributed by atoms with van der Waals surface area (Å²) in [6, 6.07) is 7.17. The zero-order valence-corrected chi connectivity index (χ0v) is 9.62. The Morgan fingerprint density at radius 2 is 2.12 bits per heavy atom. The number of hydrogen-bond acceptors (Lipinski definition) is 2. The van der Waals surface area contributed by atoms with Gasteiger partial charge in [-0.1, -0.05) is 6.07 Å². The Bertz CT molecular complexity index is 365. The monoisotopic (exact) mass is 223 g/mol. The number of aromatic hydroxyl groups is 1. The summed E-state index contributed by atoms with van der Waals surface area (Å²) in [7, 11) is 0. The number of halogens is 1. The van der Waals surface area contributed by atoms with Crippen LogP contribution in [0.5, 0.6) is 5.75 Å². The van der Waals surface area contributed by atoms with Crippen LogP contribution in [0.3, 0.4) is 0 Å². The molecule has 1 aliphatic rings. The van der Waals surface area contributed by atoms with E-state index in [1.807, 2.05) is 12.1 Å². The highest BCUT2D eigenvalue weighted by Gasteiger charge is 2.27. The minimum atomic E-state index is -1.04. The van der Waals surface area contributed by atoms with Gasteiger partial charge in [-0.15, -0.1) is 0 Å². The molecule has 1 atom stereocenters. The molecule has 0 aliphatic carbocycles. The number of phenolic OH excluding ortho intramolecular Hbond substituents is 1. The molecule has 0 saturated carbocycles. The molecule has 1 fully saturated rings. The van der Waals surface area contributed by atoms with Crippen LogP contribution in [0.1, 0.15) is 26.2 Å². The first kappa shape index (κ1) is 11.2. The maximum Gasteiger partial charge on any atom is 0.117 e. The molecule has 88 valence electrons. The van der Waals surface area contributed by atoms with Gasteiger partial charge in [0.25, 0.3) is 0 Å². The predicted molar refractivity (Wildman–Crippen MR) is 63.7 cm³/mol. The van der Waals surface area contributed by atoms with Crippen LogP contribution in [0.2, 0.25) is 0 Å². The van der Waals surface area contributed by atoms with Gasteiger partial charge in [0.15, 0.2) is 0 Å². The lowest BCUT2D eigenvalue weighted by Crippen LogP contribution is -2.25. The lowest BCUT2D eigenvalue weighted by atomic mass is 10.0. The van der Waals surface area contributed by atoms with Crippen LogP contribution in [-0.4, -0.2) is 23.9 Å². The average molecular weight is 223 g/mol. The lowest BCUT2D eigenvalue weighted by Gasteiger charge is -2.23. The molecule has 0 aromatic heterocycles. The number of hydrogen-bond donors (Lipinski definition) is 1. The van der Waals surface area contributed by atoms with Gasteiger partial charge in [-0.2, -0.15) is 0 Å². The Labute approximate surface area is 95.7 Å². The third-order valence-electron chi connectivity index (χ3n) is 3.22. The molecule has 1 aromatic carbocycles. The fraction of sp³-hybridized carbons (Fsp3) is 0.538. The predicted octanol–water partition coefficient (Wildman–Crippen LogP) is 3.11. The second-order valence-corrected chi connectivity index (χ2v) is 4.77. The minimum absolute atomic E-state index is 0.268. The van der Waals surface area contributed by atoms with Gasteiger partial charge >= 0.3 is 0 Å². The molecule has 1 unspecified atom stereocenters. The molecule has 1 heterocycles. The highest BCUT2D eigenvalue weighted by molar-refractivity contribution is 5.50. The molecule has 1 saturated heterocycles. The summed E-state index contributed by atoms with van der Waals surface area (Å²) < 4.78 is 13.8. The van der Waals surface area contributed by atoms with Gasteiger partial charge in [0.2, 0.25) is 0 Å². The van der Waals surface area contributed by atoms with Crippen LogP contribution < -0.4 is 4.90 Å². The van der Waals surface area contributed by atoms with Crippen molar-refractivity contribution < 1.29 is 9.50 Å². The highest BCUT2D eigenvalue weighted by atomic mass is 19.1. The van der Waals surface area contributed by atoms with E-state index in [1.165, 1.54) is 0 Å². The van der Waals surface area contributed by atoms with Crippen molar-refractivity contribution in [3.8, 4) is 5.75 Å². The smallest absolute Gasteiger partial charge is 0.117 e. The number of rotatable bonds is 1. The normalized spacial score (nSPS) is 26.5. The quantitative estimate of drug-likeness (QED) is 0.790. The number of anilines is 1. The Kier molecular flexibility index (Phi) is 3.03. The molecule has 1 aromatic rings. The fourth-order valence-corrected chi connectivity index (χ4v) is 2.19. The molecule has 1 N–H and O–H groups in total. The number of phenols is 1. The highest BCUT2D eigenvalue weighted by Crippen LogP contribution is 2.29. The second-order valence-electron chi connectivity index (χ2n) is 4.77. The SMILES string of the molecule is CC1(F)CCCN(c2cccc(O)c2)CC1. The molecule has 0 bridgehead atoms. The van der Waals surface area contributed by atoms with Crippen molar-refractivity contribution in [2.24, 2.45) is 0 Å². The van der Waals surface area contributed by atoms with Gasteiger partial charge in [-0.25, -0.2) is 4.39 Å². The molecular weight excluding hydrogens is 205 g/mol. The van der Waals surface area contributed by atoms with E-state index in [2.05, 4.69) is 4.90 Å². The largest absolute Gasteiger partial charge is 0.508 e. The van der Waals surface area contributed by atoms with E-state index in [-0.39, 0.29) is 5.75 Å². The van der Waals surface area contributed by atoms with Gasteiger partial charge in [0.05, 0.1) is 0 Å². The van der Waals surface area contributed by atoms with Gasteiger partial charge in [0, 0.05) is 24.8 Å². The molecular formula is C13H18FNO. The van der Waals surface area contributed by atoms with Crippen molar-refractivity contribution in [3.63, 3.8) is 0 Å². The molecule has 2 nitrogen and oxygen atoms in total. The topological polar surface area (TPSA) is 23.5 Å². The number of alkyl halides is 1. The molecule has 0 spiro atoms. The number of benzene rings is 1. The van der Waals surface area contributed by atoms with Crippen molar-refractivity contribution >= 4 is 5.69 Å². The Balaban J connectivity index is 2.11. The Morgan fingerprint density at radius 3 is 2.88 bits per heavy atom. The summed E-state index contributed by atoms with van der Waals surface area (Å²) >= 11 is 0. The molecule has 16 heavy (non-hydrogen) atoms. The summed E-state index contributed by atoms with van der Waals surface area (Å²) in [5, 5.41) is 9.42. The van der Waals surface area contributed by atoms with E-state index in [4.69, 9.17) is 0 Å². The van der Waals surface area contributed by atoms with Crippen LogP contribution in [-0.2, 0) is 0 Å². The van der Waals surface area contributed by atoms with E-state index in [9.17, 15) is 9.50 Å². The van der Waals surface area contributed by atoms with E-state index in [1.54, 1.807) is 19.1 Å². The zero-order valence-electron chi connectivity index (χ0n) is 9.62. The standard InChI is InChI=1S/C13H18FNO/c1-13(14)6-3-8-15(9-7-13)11-4-2-5-12(16)10-11/h2,4-5,10,16H,3,6-9H2,1H3. The van der Waals surface area contributed by atoms with Crippen molar-refractivity contribution in [2.45, 2.75) is 31.9 Å². The van der Waals surface area contributed by atoms with Crippen molar-refractivity contribution in [3.05, 3.63) is 24.3 Å². The summed E-state index contributed by atoms with van der Waals surface area (Å²) in [4.78, 5) is 2.14. The number of nitrogens with zero attached hydrogens (tertiary/aromatic N) is 1. The van der Waals surface area contributed by atoms with Gasteiger partial charge < -0.3 is 10.0 Å². The Morgan fingerprint density at radius 1 is 1.31 bits per heavy atom. The summed E-state index contributed by atoms with van der Waals surface area (Å²) in [6.07, 6.45) is 2.05. The van der Waals surface area contributed by atoms with Crippen LogP contribution in [0.15, 0.2) is 24.3 Å². The van der Waals surface area contributed by atoms with Crippen LogP contribution >= 0.6 is 0 Å². The molecule has 2 rings (SSSR count). The van der Waals surface area contributed by atoms with E-state index < -0.39 is 5.67 Å². The van der Waals surface area contributed by atoms with Crippen molar-refractivity contribution in [2.75, 3.05) is 18.0 Å². The van der Waals surface area contributed by atoms with Gasteiger partial charge in [0.1, 0.15) is 11.4 Å².